The van der Waals surface area contributed by atoms with E-state index in [9.17, 15) is 9.18 Å². The fourth-order valence-electron chi connectivity index (χ4n) is 3.72. The monoisotopic (exact) mass is 491 g/mol. The summed E-state index contributed by atoms with van der Waals surface area (Å²) in [6.45, 7) is 2.62. The molecule has 0 unspecified atom stereocenters. The predicted molar refractivity (Wildman–Crippen MR) is 140 cm³/mol. The molecule has 180 valence electrons. The zero-order valence-corrected chi connectivity index (χ0v) is 20.7. The maximum absolute atomic E-state index is 13.9. The molecule has 2 aromatic carbocycles. The van der Waals surface area contributed by atoms with Gasteiger partial charge in [0.1, 0.15) is 11.6 Å². The van der Waals surface area contributed by atoms with Crippen molar-refractivity contribution in [3.05, 3.63) is 99.1 Å². The lowest BCUT2D eigenvalue weighted by molar-refractivity contribution is 0.274. The van der Waals surface area contributed by atoms with Gasteiger partial charge in [0.05, 0.1) is 33.0 Å². The van der Waals surface area contributed by atoms with Crippen LogP contribution in [0.4, 0.5) is 4.39 Å². The smallest absolute Gasteiger partial charge is 0.266 e. The van der Waals surface area contributed by atoms with Gasteiger partial charge in [0.2, 0.25) is 0 Å². The average molecular weight is 492 g/mol. The van der Waals surface area contributed by atoms with Crippen molar-refractivity contribution in [3.8, 4) is 5.69 Å². The Morgan fingerprint density at radius 1 is 0.971 bits per heavy atom. The highest BCUT2D eigenvalue weighted by Gasteiger charge is 2.14. The lowest BCUT2D eigenvalue weighted by Crippen LogP contribution is -2.28. The number of hydrogen-bond donors (Lipinski definition) is 0. The first-order valence-corrected chi connectivity index (χ1v) is 11.6. The second kappa shape index (κ2) is 10.9. The summed E-state index contributed by atoms with van der Waals surface area (Å²) in [7, 11) is 6.17. The Balaban J connectivity index is 1.72. The molecular weight excluding hydrogens is 465 g/mol. The summed E-state index contributed by atoms with van der Waals surface area (Å²) >= 11 is 6.41. The van der Waals surface area contributed by atoms with E-state index in [1.54, 1.807) is 30.3 Å². The first-order valence-electron chi connectivity index (χ1n) is 11.3. The highest BCUT2D eigenvalue weighted by atomic mass is 35.5. The number of hydrogen-bond acceptors (Lipinski definition) is 5. The van der Waals surface area contributed by atoms with Crippen LogP contribution < -0.4 is 5.56 Å². The van der Waals surface area contributed by atoms with E-state index in [0.29, 0.717) is 22.1 Å². The topological polar surface area (TPSA) is 54.3 Å². The Morgan fingerprint density at radius 2 is 1.77 bits per heavy atom. The molecular formula is C27H27ClFN5O. The molecule has 0 atom stereocenters. The second-order valence-corrected chi connectivity index (χ2v) is 9.06. The standard InChI is InChI=1S/C27H27ClFN5O/c1-32(2)15-16-33(3)18-21-8-6-7-20(30-21)12-14-26-31-24-13-11-19(29)17-22(24)27(35)34(26)25-10-5-4-9-23(25)28/h4-14,17H,15-16,18H2,1-3H3. The molecule has 0 saturated carbocycles. The fraction of sp³-hybridized carbons (Fsp3) is 0.222. The van der Waals surface area contributed by atoms with Gasteiger partial charge in [-0.1, -0.05) is 29.8 Å². The van der Waals surface area contributed by atoms with Crippen LogP contribution in [0.25, 0.3) is 28.7 Å². The van der Waals surface area contributed by atoms with Crippen LogP contribution >= 0.6 is 11.6 Å². The summed E-state index contributed by atoms with van der Waals surface area (Å²) in [5.74, 6) is -0.125. The van der Waals surface area contributed by atoms with Crippen LogP contribution in [0.2, 0.25) is 5.02 Å². The summed E-state index contributed by atoms with van der Waals surface area (Å²) in [5, 5.41) is 0.575. The number of likely N-dealkylation sites (N-methyl/N-ethyl adjacent to an activating group) is 2. The van der Waals surface area contributed by atoms with Crippen molar-refractivity contribution >= 4 is 34.7 Å². The Kier molecular flexibility index (Phi) is 7.70. The quantitative estimate of drug-likeness (QED) is 0.356. The molecule has 0 aliphatic heterocycles. The summed E-state index contributed by atoms with van der Waals surface area (Å²) in [6.07, 6.45) is 3.54. The molecule has 0 amide bonds. The number of pyridine rings is 1. The third-order valence-electron chi connectivity index (χ3n) is 5.54. The lowest BCUT2D eigenvalue weighted by atomic mass is 10.2. The van der Waals surface area contributed by atoms with E-state index in [4.69, 9.17) is 16.6 Å². The fourth-order valence-corrected chi connectivity index (χ4v) is 3.94. The molecule has 0 spiro atoms. The van der Waals surface area contributed by atoms with Crippen molar-refractivity contribution in [1.29, 1.82) is 0 Å². The highest BCUT2D eigenvalue weighted by Crippen LogP contribution is 2.22. The second-order valence-electron chi connectivity index (χ2n) is 8.65. The minimum atomic E-state index is -0.498. The summed E-state index contributed by atoms with van der Waals surface area (Å²) in [6, 6.07) is 16.8. The minimum absolute atomic E-state index is 0.183. The first kappa shape index (κ1) is 24.7. The van der Waals surface area contributed by atoms with Crippen LogP contribution in [0.5, 0.6) is 0 Å². The average Bonchev–Trinajstić information content (AvgIpc) is 2.83. The van der Waals surface area contributed by atoms with Gasteiger partial charge in [0, 0.05) is 19.6 Å². The van der Waals surface area contributed by atoms with Crippen molar-refractivity contribution in [3.63, 3.8) is 0 Å². The van der Waals surface area contributed by atoms with Crippen molar-refractivity contribution < 1.29 is 4.39 Å². The van der Waals surface area contributed by atoms with Crippen molar-refractivity contribution in [2.45, 2.75) is 6.54 Å². The largest absolute Gasteiger partial charge is 0.308 e. The number of fused-ring (bicyclic) bond motifs is 1. The molecule has 0 aliphatic rings. The number of nitrogens with zero attached hydrogens (tertiary/aromatic N) is 5. The van der Waals surface area contributed by atoms with E-state index in [-0.39, 0.29) is 5.39 Å². The summed E-state index contributed by atoms with van der Waals surface area (Å²) < 4.78 is 15.3. The molecule has 0 aliphatic carbocycles. The molecule has 8 heteroatoms. The normalized spacial score (nSPS) is 11.9. The van der Waals surface area contributed by atoms with Crippen LogP contribution in [0.3, 0.4) is 0 Å². The Morgan fingerprint density at radius 3 is 2.54 bits per heavy atom. The van der Waals surface area contributed by atoms with Crippen molar-refractivity contribution in [2.75, 3.05) is 34.2 Å². The van der Waals surface area contributed by atoms with Gasteiger partial charge >= 0.3 is 0 Å². The first-order chi connectivity index (χ1) is 16.8. The van der Waals surface area contributed by atoms with Gasteiger partial charge in [-0.15, -0.1) is 0 Å². The Labute approximate surface area is 208 Å². The van der Waals surface area contributed by atoms with Gasteiger partial charge in [0.25, 0.3) is 5.56 Å². The van der Waals surface area contributed by atoms with Crippen LogP contribution in [0.15, 0.2) is 65.5 Å². The SMILES string of the molecule is CN(C)CCN(C)Cc1cccc(C=Cc2nc3ccc(F)cc3c(=O)n2-c2ccccc2Cl)n1. The Bertz CT molecular complexity index is 1430. The molecule has 0 fully saturated rings. The predicted octanol–water partition coefficient (Wildman–Crippen LogP) is 4.74. The molecule has 0 bridgehead atoms. The number of benzene rings is 2. The zero-order valence-electron chi connectivity index (χ0n) is 19.9. The maximum Gasteiger partial charge on any atom is 0.266 e. The molecule has 2 heterocycles. The lowest BCUT2D eigenvalue weighted by Gasteiger charge is -2.18. The Hall–Kier alpha value is -3.39. The number of para-hydroxylation sites is 1. The molecule has 0 radical (unpaired) electrons. The molecule has 35 heavy (non-hydrogen) atoms. The van der Waals surface area contributed by atoms with Gasteiger partial charge in [-0.25, -0.2) is 9.37 Å². The van der Waals surface area contributed by atoms with Crippen LogP contribution in [0, 0.1) is 5.82 Å². The van der Waals surface area contributed by atoms with Gasteiger partial charge in [-0.3, -0.25) is 19.2 Å². The van der Waals surface area contributed by atoms with Crippen LogP contribution in [-0.2, 0) is 6.54 Å². The summed E-state index contributed by atoms with van der Waals surface area (Å²) in [5.41, 5.74) is 2.17. The summed E-state index contributed by atoms with van der Waals surface area (Å²) in [4.78, 5) is 27.1. The van der Waals surface area contributed by atoms with Gasteiger partial charge in [0.15, 0.2) is 0 Å². The molecule has 4 rings (SSSR count). The van der Waals surface area contributed by atoms with E-state index >= 15 is 0 Å². The molecule has 0 saturated heterocycles. The van der Waals surface area contributed by atoms with E-state index in [0.717, 1.165) is 31.0 Å². The molecule has 0 N–H and O–H groups in total. The van der Waals surface area contributed by atoms with Gasteiger partial charge < -0.3 is 4.90 Å². The minimum Gasteiger partial charge on any atom is -0.308 e. The van der Waals surface area contributed by atoms with Gasteiger partial charge in [-0.2, -0.15) is 0 Å². The third kappa shape index (κ3) is 6.00. The van der Waals surface area contributed by atoms with E-state index in [1.807, 2.05) is 24.3 Å². The van der Waals surface area contributed by atoms with Crippen LogP contribution in [-0.4, -0.2) is 58.6 Å². The molecule has 2 aromatic heterocycles. The molecule has 4 aromatic rings. The van der Waals surface area contributed by atoms with E-state index in [2.05, 4.69) is 35.9 Å². The van der Waals surface area contributed by atoms with Crippen LogP contribution in [0.1, 0.15) is 17.2 Å². The van der Waals surface area contributed by atoms with Gasteiger partial charge in [-0.05, 0) is 75.8 Å². The van der Waals surface area contributed by atoms with E-state index in [1.165, 1.54) is 22.8 Å². The third-order valence-corrected chi connectivity index (χ3v) is 5.86. The van der Waals surface area contributed by atoms with E-state index < -0.39 is 11.4 Å². The van der Waals surface area contributed by atoms with Crippen molar-refractivity contribution in [1.82, 2.24) is 24.3 Å². The number of aromatic nitrogens is 3. The zero-order chi connectivity index (χ0) is 24.9. The highest BCUT2D eigenvalue weighted by molar-refractivity contribution is 6.32. The maximum atomic E-state index is 13.9. The number of halogens is 2. The molecule has 6 nitrogen and oxygen atoms in total. The van der Waals surface area contributed by atoms with Crippen molar-refractivity contribution in [2.24, 2.45) is 0 Å². The number of rotatable bonds is 8.